The van der Waals surface area contributed by atoms with Crippen LogP contribution < -0.4 is 11.2 Å². The maximum atomic E-state index is 12.9. The molecule has 3 rings (SSSR count). The van der Waals surface area contributed by atoms with Crippen molar-refractivity contribution in [2.45, 2.75) is 20.0 Å². The predicted octanol–water partition coefficient (Wildman–Crippen LogP) is 2.71. The number of H-pyrrole nitrogens is 1. The number of pyridine rings is 1. The van der Waals surface area contributed by atoms with Crippen molar-refractivity contribution in [3.63, 3.8) is 0 Å². The quantitative estimate of drug-likeness (QED) is 0.743. The highest BCUT2D eigenvalue weighted by Gasteiger charge is 2.30. The van der Waals surface area contributed by atoms with Gasteiger partial charge in [0, 0.05) is 5.69 Å². The predicted molar refractivity (Wildman–Crippen MR) is 82.4 cm³/mol. The van der Waals surface area contributed by atoms with Gasteiger partial charge in [0.15, 0.2) is 0 Å². The summed E-state index contributed by atoms with van der Waals surface area (Å²) in [7, 11) is 0. The van der Waals surface area contributed by atoms with Crippen LogP contribution >= 0.6 is 0 Å². The number of hydrogen-bond acceptors (Lipinski definition) is 3. The van der Waals surface area contributed by atoms with Gasteiger partial charge in [0.1, 0.15) is 5.65 Å². The van der Waals surface area contributed by atoms with Gasteiger partial charge in [0.05, 0.1) is 16.6 Å². The number of halogens is 3. The first-order valence-electron chi connectivity index (χ1n) is 6.99. The molecule has 0 amide bonds. The zero-order valence-electron chi connectivity index (χ0n) is 12.7. The molecule has 1 N–H and O–H groups in total. The Kier molecular flexibility index (Phi) is 3.55. The largest absolute Gasteiger partial charge is 0.416 e. The van der Waals surface area contributed by atoms with Crippen LogP contribution in [0.4, 0.5) is 13.2 Å². The molecule has 24 heavy (non-hydrogen) atoms. The Morgan fingerprint density at radius 1 is 1.12 bits per heavy atom. The molecule has 1 aromatic carbocycles. The Bertz CT molecular complexity index is 1060. The molecule has 2 aromatic heterocycles. The van der Waals surface area contributed by atoms with Gasteiger partial charge in [0.25, 0.3) is 5.56 Å². The van der Waals surface area contributed by atoms with Crippen LogP contribution in [-0.2, 0) is 6.18 Å². The third-order valence-corrected chi connectivity index (χ3v) is 3.62. The molecule has 0 unspecified atom stereocenters. The molecule has 0 aliphatic carbocycles. The topological polar surface area (TPSA) is 67.8 Å². The van der Waals surface area contributed by atoms with E-state index in [1.165, 1.54) is 6.07 Å². The highest BCUT2D eigenvalue weighted by molar-refractivity contribution is 5.77. The smallest absolute Gasteiger partial charge is 0.291 e. The molecule has 3 aromatic rings. The van der Waals surface area contributed by atoms with Crippen molar-refractivity contribution < 1.29 is 13.2 Å². The lowest BCUT2D eigenvalue weighted by molar-refractivity contribution is -0.137. The average molecular weight is 335 g/mol. The minimum absolute atomic E-state index is 0.116. The van der Waals surface area contributed by atoms with Gasteiger partial charge in [-0.1, -0.05) is 6.07 Å². The second-order valence-electron chi connectivity index (χ2n) is 5.42. The Morgan fingerprint density at radius 2 is 1.83 bits per heavy atom. The summed E-state index contributed by atoms with van der Waals surface area (Å²) in [6, 6.07) is 5.72. The van der Waals surface area contributed by atoms with Crippen molar-refractivity contribution in [2.75, 3.05) is 0 Å². The number of rotatable bonds is 1. The Morgan fingerprint density at radius 3 is 2.50 bits per heavy atom. The van der Waals surface area contributed by atoms with E-state index in [4.69, 9.17) is 0 Å². The second-order valence-corrected chi connectivity index (χ2v) is 5.42. The molecule has 0 bridgehead atoms. The van der Waals surface area contributed by atoms with E-state index in [9.17, 15) is 22.8 Å². The first kappa shape index (κ1) is 16.0. The third-order valence-electron chi connectivity index (χ3n) is 3.62. The molecule has 8 heteroatoms. The van der Waals surface area contributed by atoms with Crippen molar-refractivity contribution >= 4 is 11.0 Å². The number of nitrogens with one attached hydrogen (secondary N) is 1. The van der Waals surface area contributed by atoms with Gasteiger partial charge in [-0.25, -0.2) is 14.3 Å². The zero-order valence-corrected chi connectivity index (χ0v) is 12.7. The first-order valence-corrected chi connectivity index (χ1v) is 6.99. The molecule has 0 fully saturated rings. The molecule has 0 saturated carbocycles. The molecule has 0 aliphatic rings. The minimum atomic E-state index is -4.57. The van der Waals surface area contributed by atoms with Gasteiger partial charge < -0.3 is 0 Å². The lowest BCUT2D eigenvalue weighted by atomic mass is 10.1. The van der Waals surface area contributed by atoms with Gasteiger partial charge in [-0.05, 0) is 43.7 Å². The minimum Gasteiger partial charge on any atom is -0.291 e. The Labute approximate surface area is 133 Å². The number of alkyl halides is 3. The maximum Gasteiger partial charge on any atom is 0.416 e. The van der Waals surface area contributed by atoms with E-state index in [2.05, 4.69) is 9.97 Å². The summed E-state index contributed by atoms with van der Waals surface area (Å²) in [4.78, 5) is 31.4. The lowest BCUT2D eigenvalue weighted by Crippen LogP contribution is -2.34. The molecule has 0 aliphatic heterocycles. The van der Waals surface area contributed by atoms with Crippen LogP contribution in [0.15, 0.2) is 39.9 Å². The van der Waals surface area contributed by atoms with Gasteiger partial charge in [-0.3, -0.25) is 9.78 Å². The molecule has 5 nitrogen and oxygen atoms in total. The number of benzene rings is 1. The summed E-state index contributed by atoms with van der Waals surface area (Å²) in [5, 5.41) is 0.164. The van der Waals surface area contributed by atoms with Crippen molar-refractivity contribution in [1.29, 1.82) is 0 Å². The summed E-state index contributed by atoms with van der Waals surface area (Å²) < 4.78 is 39.3. The highest BCUT2D eigenvalue weighted by Crippen LogP contribution is 2.30. The molecule has 0 atom stereocenters. The number of aromatic nitrogens is 3. The van der Waals surface area contributed by atoms with Crippen molar-refractivity contribution in [3.8, 4) is 5.69 Å². The number of aryl methyl sites for hydroxylation is 2. The van der Waals surface area contributed by atoms with Crippen molar-refractivity contribution in [1.82, 2.24) is 14.5 Å². The van der Waals surface area contributed by atoms with E-state index in [0.717, 1.165) is 18.2 Å². The fourth-order valence-corrected chi connectivity index (χ4v) is 2.61. The van der Waals surface area contributed by atoms with Crippen LogP contribution in [0.5, 0.6) is 0 Å². The third kappa shape index (κ3) is 2.60. The van der Waals surface area contributed by atoms with E-state index < -0.39 is 23.0 Å². The number of hydrogen-bond donors (Lipinski definition) is 1. The number of aromatic amines is 1. The highest BCUT2D eigenvalue weighted by atomic mass is 19.4. The first-order chi connectivity index (χ1) is 11.2. The van der Waals surface area contributed by atoms with Crippen LogP contribution in [0.3, 0.4) is 0 Å². The summed E-state index contributed by atoms with van der Waals surface area (Å²) in [5.41, 5.74) is -1.33. The van der Waals surface area contributed by atoms with E-state index in [0.29, 0.717) is 15.8 Å². The second kappa shape index (κ2) is 5.33. The summed E-state index contributed by atoms with van der Waals surface area (Å²) in [6.45, 7) is 3.39. The Hall–Kier alpha value is -2.90. The van der Waals surface area contributed by atoms with Gasteiger partial charge in [-0.2, -0.15) is 13.2 Å². The van der Waals surface area contributed by atoms with E-state index >= 15 is 0 Å². The average Bonchev–Trinajstić information content (AvgIpc) is 2.45. The molecular weight excluding hydrogens is 323 g/mol. The summed E-state index contributed by atoms with van der Waals surface area (Å²) >= 11 is 0. The van der Waals surface area contributed by atoms with Crippen LogP contribution in [0.2, 0.25) is 0 Å². The summed E-state index contributed by atoms with van der Waals surface area (Å²) in [6.07, 6.45) is -4.57. The molecule has 0 saturated heterocycles. The SMILES string of the molecule is Cc1cc(C)c2c(=O)n(-c3cccc(C(F)(F)F)c3)c(=O)[nH]c2n1. The van der Waals surface area contributed by atoms with Gasteiger partial charge in [-0.15, -0.1) is 0 Å². The normalized spacial score (nSPS) is 11.9. The van der Waals surface area contributed by atoms with Gasteiger partial charge >= 0.3 is 11.9 Å². The standard InChI is InChI=1S/C16H12F3N3O2/c1-8-6-9(2)20-13-12(8)14(23)22(15(24)21-13)11-5-3-4-10(7-11)16(17,18)19/h3-7H,1-2H3,(H,20,21,24). The molecule has 0 radical (unpaired) electrons. The van der Waals surface area contributed by atoms with Crippen molar-refractivity contribution in [3.05, 3.63) is 68.0 Å². The lowest BCUT2D eigenvalue weighted by Gasteiger charge is -2.11. The summed E-state index contributed by atoms with van der Waals surface area (Å²) in [5.74, 6) is 0. The van der Waals surface area contributed by atoms with E-state index in [-0.39, 0.29) is 16.7 Å². The number of nitrogens with zero attached hydrogens (tertiary/aromatic N) is 2. The van der Waals surface area contributed by atoms with E-state index in [1.54, 1.807) is 19.9 Å². The fourth-order valence-electron chi connectivity index (χ4n) is 2.61. The van der Waals surface area contributed by atoms with Crippen LogP contribution in [-0.4, -0.2) is 14.5 Å². The monoisotopic (exact) mass is 335 g/mol. The molecule has 0 spiro atoms. The van der Waals surface area contributed by atoms with E-state index in [1.807, 2.05) is 0 Å². The Balaban J connectivity index is 2.36. The fraction of sp³-hybridized carbons (Fsp3) is 0.188. The van der Waals surface area contributed by atoms with Crippen LogP contribution in [0, 0.1) is 13.8 Å². The zero-order chi connectivity index (χ0) is 17.6. The molecule has 2 heterocycles. The van der Waals surface area contributed by atoms with Crippen LogP contribution in [0.25, 0.3) is 16.7 Å². The maximum absolute atomic E-state index is 12.9. The van der Waals surface area contributed by atoms with Gasteiger partial charge in [0.2, 0.25) is 0 Å². The number of fused-ring (bicyclic) bond motifs is 1. The van der Waals surface area contributed by atoms with Crippen molar-refractivity contribution in [2.24, 2.45) is 0 Å². The molecular formula is C16H12F3N3O2. The van der Waals surface area contributed by atoms with Crippen LogP contribution in [0.1, 0.15) is 16.8 Å². The molecule has 124 valence electrons.